The second kappa shape index (κ2) is 8.81. The van der Waals surface area contributed by atoms with Gasteiger partial charge < -0.3 is 10.6 Å². The SMILES string of the molecule is CN=C(NCc1csc(C(C)C)n1)NC1CCCC1.I. The molecule has 0 amide bonds. The fourth-order valence-electron chi connectivity index (χ4n) is 2.30. The molecule has 0 saturated heterocycles. The number of aromatic nitrogens is 1. The smallest absolute Gasteiger partial charge is 0.191 e. The molecule has 0 bridgehead atoms. The van der Waals surface area contributed by atoms with E-state index in [4.69, 9.17) is 0 Å². The third-order valence-corrected chi connectivity index (χ3v) is 4.61. The van der Waals surface area contributed by atoms with E-state index in [0.29, 0.717) is 12.0 Å². The van der Waals surface area contributed by atoms with E-state index < -0.39 is 0 Å². The van der Waals surface area contributed by atoms with Crippen molar-refractivity contribution in [2.75, 3.05) is 7.05 Å². The van der Waals surface area contributed by atoms with Gasteiger partial charge in [0.2, 0.25) is 0 Å². The Balaban J connectivity index is 0.00000200. The lowest BCUT2D eigenvalue weighted by atomic mass is 10.2. The minimum absolute atomic E-state index is 0. The second-order valence-electron chi connectivity index (χ2n) is 5.38. The lowest BCUT2D eigenvalue weighted by Crippen LogP contribution is -2.41. The van der Waals surface area contributed by atoms with Gasteiger partial charge in [-0.1, -0.05) is 26.7 Å². The molecular formula is C14H25IN4S. The van der Waals surface area contributed by atoms with E-state index in [0.717, 1.165) is 18.2 Å². The number of hydrogen-bond acceptors (Lipinski definition) is 3. The Hall–Kier alpha value is -0.370. The zero-order valence-electron chi connectivity index (χ0n) is 12.5. The summed E-state index contributed by atoms with van der Waals surface area (Å²) in [4.78, 5) is 8.90. The average Bonchev–Trinajstić information content (AvgIpc) is 3.05. The molecule has 114 valence electrons. The fourth-order valence-corrected chi connectivity index (χ4v) is 3.14. The molecule has 0 unspecified atom stereocenters. The maximum absolute atomic E-state index is 4.62. The summed E-state index contributed by atoms with van der Waals surface area (Å²) in [5, 5.41) is 10.2. The van der Waals surface area contributed by atoms with Crippen LogP contribution >= 0.6 is 35.3 Å². The van der Waals surface area contributed by atoms with Crippen LogP contribution in [-0.4, -0.2) is 24.0 Å². The number of halogens is 1. The molecule has 1 aromatic rings. The van der Waals surface area contributed by atoms with Gasteiger partial charge in [0.25, 0.3) is 0 Å². The van der Waals surface area contributed by atoms with Gasteiger partial charge in [-0.25, -0.2) is 4.98 Å². The fraction of sp³-hybridized carbons (Fsp3) is 0.714. The number of aliphatic imine (C=N–C) groups is 1. The standard InChI is InChI=1S/C14H24N4S.HI/c1-10(2)13-17-12(9-19-13)8-16-14(15-3)18-11-6-4-5-7-11;/h9-11H,4-8H2,1-3H3,(H2,15,16,18);1H. The highest BCUT2D eigenvalue weighted by Crippen LogP contribution is 2.19. The number of thiazole rings is 1. The van der Waals surface area contributed by atoms with E-state index in [-0.39, 0.29) is 24.0 Å². The molecule has 0 aliphatic heterocycles. The first-order chi connectivity index (χ1) is 9.19. The summed E-state index contributed by atoms with van der Waals surface area (Å²) in [5.41, 5.74) is 1.10. The first-order valence-electron chi connectivity index (χ1n) is 7.10. The molecule has 1 aliphatic rings. The summed E-state index contributed by atoms with van der Waals surface area (Å²) in [7, 11) is 1.82. The van der Waals surface area contributed by atoms with E-state index in [1.165, 1.54) is 30.7 Å². The maximum Gasteiger partial charge on any atom is 0.191 e. The third-order valence-electron chi connectivity index (χ3n) is 3.42. The van der Waals surface area contributed by atoms with Crippen molar-refractivity contribution in [1.82, 2.24) is 15.6 Å². The second-order valence-corrected chi connectivity index (χ2v) is 6.27. The van der Waals surface area contributed by atoms with Crippen molar-refractivity contribution in [2.45, 2.75) is 58.0 Å². The third kappa shape index (κ3) is 5.20. The average molecular weight is 408 g/mol. The molecule has 0 aromatic carbocycles. The Kier molecular flexibility index (Phi) is 7.79. The summed E-state index contributed by atoms with van der Waals surface area (Å²) in [6, 6.07) is 0.591. The van der Waals surface area contributed by atoms with E-state index in [1.807, 2.05) is 7.05 Å². The molecule has 2 rings (SSSR count). The van der Waals surface area contributed by atoms with Gasteiger partial charge in [0.05, 0.1) is 17.2 Å². The van der Waals surface area contributed by atoms with Crippen LogP contribution in [0.5, 0.6) is 0 Å². The Bertz CT molecular complexity index is 425. The minimum Gasteiger partial charge on any atom is -0.354 e. The topological polar surface area (TPSA) is 49.3 Å². The first kappa shape index (κ1) is 17.7. The predicted octanol–water partition coefficient (Wildman–Crippen LogP) is 3.49. The van der Waals surface area contributed by atoms with Crippen molar-refractivity contribution in [1.29, 1.82) is 0 Å². The molecule has 1 aliphatic carbocycles. The molecule has 1 heterocycles. The molecule has 0 atom stereocenters. The van der Waals surface area contributed by atoms with Crippen molar-refractivity contribution in [3.63, 3.8) is 0 Å². The number of nitrogens with one attached hydrogen (secondary N) is 2. The number of hydrogen-bond donors (Lipinski definition) is 2. The normalized spacial score (nSPS) is 16.3. The van der Waals surface area contributed by atoms with Crippen molar-refractivity contribution < 1.29 is 0 Å². The van der Waals surface area contributed by atoms with Crippen molar-refractivity contribution in [3.05, 3.63) is 16.1 Å². The van der Waals surface area contributed by atoms with Crippen LogP contribution in [0.3, 0.4) is 0 Å². The lowest BCUT2D eigenvalue weighted by molar-refractivity contribution is 0.612. The summed E-state index contributed by atoms with van der Waals surface area (Å²) >= 11 is 1.74. The molecule has 1 fully saturated rings. The first-order valence-corrected chi connectivity index (χ1v) is 7.98. The largest absolute Gasteiger partial charge is 0.354 e. The van der Waals surface area contributed by atoms with Gasteiger partial charge in [0.1, 0.15) is 0 Å². The predicted molar refractivity (Wildman–Crippen MR) is 97.2 cm³/mol. The molecule has 6 heteroatoms. The highest BCUT2D eigenvalue weighted by atomic mass is 127. The molecule has 0 spiro atoms. The van der Waals surface area contributed by atoms with Crippen LogP contribution in [0.25, 0.3) is 0 Å². The molecule has 1 aromatic heterocycles. The van der Waals surface area contributed by atoms with E-state index in [2.05, 4.69) is 39.8 Å². The molecule has 20 heavy (non-hydrogen) atoms. The highest BCUT2D eigenvalue weighted by molar-refractivity contribution is 14.0. The van der Waals surface area contributed by atoms with E-state index in [9.17, 15) is 0 Å². The molecular weight excluding hydrogens is 383 g/mol. The summed E-state index contributed by atoms with van der Waals surface area (Å²) in [5.74, 6) is 1.40. The van der Waals surface area contributed by atoms with Gasteiger partial charge in [-0.05, 0) is 12.8 Å². The highest BCUT2D eigenvalue weighted by Gasteiger charge is 2.16. The minimum atomic E-state index is 0. The number of nitrogens with zero attached hydrogens (tertiary/aromatic N) is 2. The Morgan fingerprint density at radius 1 is 1.45 bits per heavy atom. The molecule has 0 radical (unpaired) electrons. The summed E-state index contributed by atoms with van der Waals surface area (Å²) < 4.78 is 0. The van der Waals surface area contributed by atoms with Crippen molar-refractivity contribution in [2.24, 2.45) is 4.99 Å². The summed E-state index contributed by atoms with van der Waals surface area (Å²) in [6.45, 7) is 5.10. The van der Waals surface area contributed by atoms with Gasteiger partial charge in [-0.2, -0.15) is 0 Å². The lowest BCUT2D eigenvalue weighted by Gasteiger charge is -2.16. The Morgan fingerprint density at radius 3 is 2.70 bits per heavy atom. The maximum atomic E-state index is 4.62. The molecule has 4 nitrogen and oxygen atoms in total. The molecule has 2 N–H and O–H groups in total. The van der Waals surface area contributed by atoms with Gasteiger partial charge >= 0.3 is 0 Å². The van der Waals surface area contributed by atoms with Crippen LogP contribution < -0.4 is 10.6 Å². The van der Waals surface area contributed by atoms with Crippen LogP contribution in [0.1, 0.15) is 56.2 Å². The van der Waals surface area contributed by atoms with Gasteiger partial charge in [-0.3, -0.25) is 4.99 Å². The van der Waals surface area contributed by atoms with Crippen LogP contribution in [-0.2, 0) is 6.54 Å². The van der Waals surface area contributed by atoms with Crippen LogP contribution in [0.2, 0.25) is 0 Å². The Morgan fingerprint density at radius 2 is 2.15 bits per heavy atom. The summed E-state index contributed by atoms with van der Waals surface area (Å²) in [6.07, 6.45) is 5.18. The van der Waals surface area contributed by atoms with Crippen LogP contribution in [0.4, 0.5) is 0 Å². The monoisotopic (exact) mass is 408 g/mol. The van der Waals surface area contributed by atoms with E-state index >= 15 is 0 Å². The zero-order chi connectivity index (χ0) is 13.7. The van der Waals surface area contributed by atoms with Crippen LogP contribution in [0, 0.1) is 0 Å². The van der Waals surface area contributed by atoms with Gasteiger partial charge in [-0.15, -0.1) is 35.3 Å². The van der Waals surface area contributed by atoms with Crippen molar-refractivity contribution >= 4 is 41.3 Å². The van der Waals surface area contributed by atoms with Gasteiger partial charge in [0.15, 0.2) is 5.96 Å². The zero-order valence-corrected chi connectivity index (χ0v) is 15.6. The molecule has 1 saturated carbocycles. The number of rotatable bonds is 4. The van der Waals surface area contributed by atoms with Gasteiger partial charge in [0, 0.05) is 24.4 Å². The number of guanidine groups is 1. The van der Waals surface area contributed by atoms with Crippen LogP contribution in [0.15, 0.2) is 10.4 Å². The quantitative estimate of drug-likeness (QED) is 0.456. The van der Waals surface area contributed by atoms with Crippen molar-refractivity contribution in [3.8, 4) is 0 Å². The Labute approximate surface area is 142 Å². The van der Waals surface area contributed by atoms with E-state index in [1.54, 1.807) is 11.3 Å².